The Kier molecular flexibility index (Phi) is 3.09. The molecule has 1 aliphatic carbocycles. The molecule has 0 spiro atoms. The zero-order valence-electron chi connectivity index (χ0n) is 9.60. The van der Waals surface area contributed by atoms with Gasteiger partial charge < -0.3 is 4.90 Å². The van der Waals surface area contributed by atoms with Gasteiger partial charge in [0.1, 0.15) is 0 Å². The number of benzene rings is 1. The predicted molar refractivity (Wildman–Crippen MR) is 66.3 cm³/mol. The monoisotopic (exact) mass is 215 g/mol. The Balaban J connectivity index is 2.17. The summed E-state index contributed by atoms with van der Waals surface area (Å²) in [6.07, 6.45) is 2.80. The summed E-state index contributed by atoms with van der Waals surface area (Å²) in [6, 6.07) is 9.80. The largest absolute Gasteiger partial charge is 0.308 e. The molecule has 2 atom stereocenters. The quantitative estimate of drug-likeness (QED) is 0.707. The first-order valence-corrected chi connectivity index (χ1v) is 5.71. The van der Waals surface area contributed by atoms with Crippen molar-refractivity contribution in [1.29, 1.82) is 0 Å². The first-order valence-electron chi connectivity index (χ1n) is 5.71. The molecule has 1 fully saturated rings. The molecule has 0 heterocycles. The number of hydrogen-bond acceptors (Lipinski definition) is 1. The van der Waals surface area contributed by atoms with Crippen LogP contribution in [0.3, 0.4) is 0 Å². The number of carbonyl (C=O) groups is 1. The van der Waals surface area contributed by atoms with Gasteiger partial charge in [0.2, 0.25) is 5.91 Å². The molecule has 2 nitrogen and oxygen atoms in total. The minimum absolute atomic E-state index is 0.222. The first kappa shape index (κ1) is 10.9. The van der Waals surface area contributed by atoms with Crippen molar-refractivity contribution in [3.8, 4) is 0 Å². The molecule has 0 aliphatic heterocycles. The van der Waals surface area contributed by atoms with E-state index in [9.17, 15) is 4.79 Å². The second-order valence-corrected chi connectivity index (χ2v) is 4.39. The molecule has 0 N–H and O–H groups in total. The van der Waals surface area contributed by atoms with Crippen LogP contribution in [0.2, 0.25) is 0 Å². The van der Waals surface area contributed by atoms with Crippen LogP contribution in [0.5, 0.6) is 0 Å². The molecule has 16 heavy (non-hydrogen) atoms. The van der Waals surface area contributed by atoms with E-state index in [-0.39, 0.29) is 11.8 Å². The molecule has 1 saturated carbocycles. The van der Waals surface area contributed by atoms with E-state index in [1.165, 1.54) is 0 Å². The van der Waals surface area contributed by atoms with Crippen molar-refractivity contribution in [1.82, 2.24) is 0 Å². The summed E-state index contributed by atoms with van der Waals surface area (Å²) in [5, 5.41) is 0. The SMILES string of the molecule is C=CCN(C(=O)[C@H]1C[C@@H]1C)c1ccccc1. The van der Waals surface area contributed by atoms with Crippen LogP contribution >= 0.6 is 0 Å². The summed E-state index contributed by atoms with van der Waals surface area (Å²) >= 11 is 0. The van der Waals surface area contributed by atoms with Crippen LogP contribution < -0.4 is 4.90 Å². The fourth-order valence-corrected chi connectivity index (χ4v) is 1.93. The van der Waals surface area contributed by atoms with E-state index in [0.717, 1.165) is 12.1 Å². The molecule has 2 rings (SSSR count). The first-order chi connectivity index (χ1) is 7.74. The Labute approximate surface area is 96.6 Å². The highest BCUT2D eigenvalue weighted by Gasteiger charge is 2.41. The molecule has 0 unspecified atom stereocenters. The van der Waals surface area contributed by atoms with Crippen LogP contribution in [0.1, 0.15) is 13.3 Å². The van der Waals surface area contributed by atoms with Gasteiger partial charge in [-0.15, -0.1) is 6.58 Å². The van der Waals surface area contributed by atoms with Gasteiger partial charge in [0.05, 0.1) is 0 Å². The normalized spacial score (nSPS) is 22.6. The van der Waals surface area contributed by atoms with E-state index < -0.39 is 0 Å². The zero-order valence-corrected chi connectivity index (χ0v) is 9.60. The maximum absolute atomic E-state index is 12.2. The fraction of sp³-hybridized carbons (Fsp3) is 0.357. The average molecular weight is 215 g/mol. The van der Waals surface area contributed by atoms with Crippen LogP contribution in [0, 0.1) is 11.8 Å². The lowest BCUT2D eigenvalue weighted by atomic mass is 10.2. The fourth-order valence-electron chi connectivity index (χ4n) is 1.93. The summed E-state index contributed by atoms with van der Waals surface area (Å²) in [4.78, 5) is 14.0. The van der Waals surface area contributed by atoms with Crippen molar-refractivity contribution in [3.63, 3.8) is 0 Å². The second kappa shape index (κ2) is 4.52. The Bertz CT molecular complexity index is 385. The smallest absolute Gasteiger partial charge is 0.230 e. The van der Waals surface area contributed by atoms with Gasteiger partial charge in [-0.25, -0.2) is 0 Å². The van der Waals surface area contributed by atoms with Crippen LogP contribution in [0.15, 0.2) is 43.0 Å². The molecule has 1 aliphatic rings. The summed E-state index contributed by atoms with van der Waals surface area (Å²) in [5.74, 6) is 1.00. The molecular formula is C14H17NO. The van der Waals surface area contributed by atoms with E-state index in [1.807, 2.05) is 35.2 Å². The lowest BCUT2D eigenvalue weighted by Crippen LogP contribution is -2.32. The summed E-state index contributed by atoms with van der Waals surface area (Å²) in [6.45, 7) is 6.43. The molecular weight excluding hydrogens is 198 g/mol. The Morgan fingerprint density at radius 1 is 1.50 bits per heavy atom. The summed E-state index contributed by atoms with van der Waals surface area (Å²) in [5.41, 5.74) is 0.964. The third kappa shape index (κ3) is 2.16. The molecule has 0 bridgehead atoms. The van der Waals surface area contributed by atoms with Gasteiger partial charge in [0.25, 0.3) is 0 Å². The molecule has 0 saturated heterocycles. The van der Waals surface area contributed by atoms with Crippen molar-refractivity contribution in [2.45, 2.75) is 13.3 Å². The molecule has 1 amide bonds. The van der Waals surface area contributed by atoms with Crippen molar-refractivity contribution < 1.29 is 4.79 Å². The molecule has 1 aromatic rings. The number of rotatable bonds is 4. The van der Waals surface area contributed by atoms with Crippen molar-refractivity contribution in [3.05, 3.63) is 43.0 Å². The number of nitrogens with zero attached hydrogens (tertiary/aromatic N) is 1. The van der Waals surface area contributed by atoms with E-state index in [0.29, 0.717) is 12.5 Å². The number of hydrogen-bond donors (Lipinski definition) is 0. The van der Waals surface area contributed by atoms with Gasteiger partial charge in [-0.2, -0.15) is 0 Å². The highest BCUT2D eigenvalue weighted by Crippen LogP contribution is 2.39. The van der Waals surface area contributed by atoms with E-state index in [1.54, 1.807) is 6.08 Å². The highest BCUT2D eigenvalue weighted by atomic mass is 16.2. The third-order valence-corrected chi connectivity index (χ3v) is 3.07. The Morgan fingerprint density at radius 2 is 2.12 bits per heavy atom. The number of amides is 1. The molecule has 1 aromatic carbocycles. The minimum Gasteiger partial charge on any atom is -0.308 e. The van der Waals surface area contributed by atoms with Gasteiger partial charge in [0, 0.05) is 18.2 Å². The third-order valence-electron chi connectivity index (χ3n) is 3.07. The number of anilines is 1. The van der Waals surface area contributed by atoms with Gasteiger partial charge >= 0.3 is 0 Å². The maximum atomic E-state index is 12.2. The summed E-state index contributed by atoms with van der Waals surface area (Å²) < 4.78 is 0. The van der Waals surface area contributed by atoms with Crippen molar-refractivity contribution in [2.24, 2.45) is 11.8 Å². The summed E-state index contributed by atoms with van der Waals surface area (Å²) in [7, 11) is 0. The van der Waals surface area contributed by atoms with Gasteiger partial charge in [-0.3, -0.25) is 4.79 Å². The van der Waals surface area contributed by atoms with Gasteiger partial charge in [0.15, 0.2) is 0 Å². The second-order valence-electron chi connectivity index (χ2n) is 4.39. The zero-order chi connectivity index (χ0) is 11.5. The van der Waals surface area contributed by atoms with Gasteiger partial charge in [-0.1, -0.05) is 31.2 Å². The molecule has 84 valence electrons. The topological polar surface area (TPSA) is 20.3 Å². The maximum Gasteiger partial charge on any atom is 0.230 e. The van der Waals surface area contributed by atoms with Crippen molar-refractivity contribution in [2.75, 3.05) is 11.4 Å². The lowest BCUT2D eigenvalue weighted by molar-refractivity contribution is -0.119. The minimum atomic E-state index is 0.222. The number of carbonyl (C=O) groups excluding carboxylic acids is 1. The van der Waals surface area contributed by atoms with E-state index in [2.05, 4.69) is 13.5 Å². The average Bonchev–Trinajstić information content (AvgIpc) is 3.04. The van der Waals surface area contributed by atoms with Crippen LogP contribution in [-0.4, -0.2) is 12.5 Å². The van der Waals surface area contributed by atoms with Crippen LogP contribution in [0.4, 0.5) is 5.69 Å². The lowest BCUT2D eigenvalue weighted by Gasteiger charge is -2.21. The predicted octanol–water partition coefficient (Wildman–Crippen LogP) is 2.86. The number of para-hydroxylation sites is 1. The standard InChI is InChI=1S/C14H17NO/c1-3-9-15(12-7-5-4-6-8-12)14(16)13-10-11(13)2/h3-8,11,13H,1,9-10H2,2H3/t11-,13-/m0/s1. The Hall–Kier alpha value is -1.57. The molecule has 0 radical (unpaired) electrons. The van der Waals surface area contributed by atoms with Crippen LogP contribution in [0.25, 0.3) is 0 Å². The van der Waals surface area contributed by atoms with Crippen LogP contribution in [-0.2, 0) is 4.79 Å². The van der Waals surface area contributed by atoms with Crippen molar-refractivity contribution >= 4 is 11.6 Å². The molecule has 2 heteroatoms. The highest BCUT2D eigenvalue weighted by molar-refractivity contribution is 5.96. The Morgan fingerprint density at radius 3 is 2.62 bits per heavy atom. The van der Waals surface area contributed by atoms with E-state index in [4.69, 9.17) is 0 Å². The van der Waals surface area contributed by atoms with E-state index >= 15 is 0 Å². The molecule has 0 aromatic heterocycles. The van der Waals surface area contributed by atoms with Gasteiger partial charge in [-0.05, 0) is 24.5 Å².